The Kier molecular flexibility index (Phi) is 6.00. The van der Waals surface area contributed by atoms with Gasteiger partial charge in [-0.25, -0.2) is 0 Å². The Balaban J connectivity index is 1.82. The van der Waals surface area contributed by atoms with Gasteiger partial charge >= 0.3 is 0 Å². The van der Waals surface area contributed by atoms with Crippen LogP contribution < -0.4 is 10.6 Å². The van der Waals surface area contributed by atoms with Crippen LogP contribution in [0.15, 0.2) is 35.3 Å². The number of thioether (sulfide) groups is 1. The lowest BCUT2D eigenvalue weighted by Crippen LogP contribution is -2.31. The molecule has 2 unspecified atom stereocenters. The zero-order valence-electron chi connectivity index (χ0n) is 12.8. The lowest BCUT2D eigenvalue weighted by atomic mass is 10.2. The fraction of sp³-hybridized carbons (Fsp3) is 0.438. The highest BCUT2D eigenvalue weighted by molar-refractivity contribution is 8.15. The van der Waals surface area contributed by atoms with Gasteiger partial charge in [0.1, 0.15) is 5.25 Å². The SMILES string of the molecule is CCC(C)N=C1NC(=O)C(CC(=O)NCc2ccccc2)S1. The van der Waals surface area contributed by atoms with Crippen molar-refractivity contribution in [2.24, 2.45) is 4.99 Å². The summed E-state index contributed by atoms with van der Waals surface area (Å²) in [4.78, 5) is 28.2. The summed E-state index contributed by atoms with van der Waals surface area (Å²) in [5, 5.41) is 5.82. The monoisotopic (exact) mass is 319 g/mol. The third-order valence-corrected chi connectivity index (χ3v) is 4.50. The van der Waals surface area contributed by atoms with Crippen LogP contribution in [-0.4, -0.2) is 28.3 Å². The first-order valence-corrected chi connectivity index (χ1v) is 8.32. The van der Waals surface area contributed by atoms with Crippen molar-refractivity contribution in [2.45, 2.75) is 44.5 Å². The van der Waals surface area contributed by atoms with Crippen molar-refractivity contribution in [3.63, 3.8) is 0 Å². The molecule has 1 aromatic carbocycles. The van der Waals surface area contributed by atoms with Crippen LogP contribution >= 0.6 is 11.8 Å². The van der Waals surface area contributed by atoms with Crippen molar-refractivity contribution in [1.29, 1.82) is 0 Å². The Bertz CT molecular complexity index is 560. The second kappa shape index (κ2) is 7.98. The van der Waals surface area contributed by atoms with Gasteiger partial charge in [0.15, 0.2) is 5.17 Å². The van der Waals surface area contributed by atoms with Gasteiger partial charge in [-0.2, -0.15) is 0 Å². The lowest BCUT2D eigenvalue weighted by molar-refractivity contribution is -0.125. The van der Waals surface area contributed by atoms with Crippen LogP contribution in [0.5, 0.6) is 0 Å². The van der Waals surface area contributed by atoms with Gasteiger partial charge in [0.2, 0.25) is 11.8 Å². The van der Waals surface area contributed by atoms with E-state index in [0.29, 0.717) is 11.7 Å². The van der Waals surface area contributed by atoms with E-state index in [1.54, 1.807) is 0 Å². The van der Waals surface area contributed by atoms with Gasteiger partial charge in [-0.1, -0.05) is 49.0 Å². The smallest absolute Gasteiger partial charge is 0.240 e. The van der Waals surface area contributed by atoms with Crippen molar-refractivity contribution in [3.05, 3.63) is 35.9 Å². The molecular formula is C16H21N3O2S. The number of aliphatic imine (C=N–C) groups is 1. The zero-order valence-corrected chi connectivity index (χ0v) is 13.7. The molecule has 1 aliphatic heterocycles. The quantitative estimate of drug-likeness (QED) is 0.843. The molecule has 6 heteroatoms. The van der Waals surface area contributed by atoms with Crippen LogP contribution in [0, 0.1) is 0 Å². The Morgan fingerprint density at radius 1 is 1.41 bits per heavy atom. The molecule has 0 aromatic heterocycles. The topological polar surface area (TPSA) is 70.6 Å². The summed E-state index contributed by atoms with van der Waals surface area (Å²) in [5.41, 5.74) is 1.04. The molecule has 1 aliphatic rings. The fourth-order valence-electron chi connectivity index (χ4n) is 1.93. The summed E-state index contributed by atoms with van der Waals surface area (Å²) in [6.07, 6.45) is 1.09. The number of amides is 2. The summed E-state index contributed by atoms with van der Waals surface area (Å²) in [7, 11) is 0. The molecule has 0 radical (unpaired) electrons. The third-order valence-electron chi connectivity index (χ3n) is 3.41. The van der Waals surface area contributed by atoms with Crippen molar-refractivity contribution in [3.8, 4) is 0 Å². The molecule has 1 fully saturated rings. The van der Waals surface area contributed by atoms with Gasteiger partial charge in [-0.3, -0.25) is 14.6 Å². The van der Waals surface area contributed by atoms with Gasteiger partial charge in [0.25, 0.3) is 0 Å². The van der Waals surface area contributed by atoms with E-state index < -0.39 is 5.25 Å². The van der Waals surface area contributed by atoms with Crippen LogP contribution in [0.25, 0.3) is 0 Å². The molecular weight excluding hydrogens is 298 g/mol. The normalized spacial score (nSPS) is 20.7. The standard InChI is InChI=1S/C16H21N3O2S/c1-3-11(2)18-16-19-15(21)13(22-16)9-14(20)17-10-12-7-5-4-6-8-12/h4-8,11,13H,3,9-10H2,1-2H3,(H,17,20)(H,18,19,21). The molecule has 22 heavy (non-hydrogen) atoms. The van der Waals surface area contributed by atoms with E-state index in [2.05, 4.69) is 15.6 Å². The molecule has 0 aliphatic carbocycles. The first-order valence-electron chi connectivity index (χ1n) is 7.44. The largest absolute Gasteiger partial charge is 0.352 e. The van der Waals surface area contributed by atoms with E-state index in [-0.39, 0.29) is 24.3 Å². The van der Waals surface area contributed by atoms with Gasteiger partial charge in [0, 0.05) is 19.0 Å². The second-order valence-corrected chi connectivity index (χ2v) is 6.45. The van der Waals surface area contributed by atoms with E-state index in [1.165, 1.54) is 11.8 Å². The Labute approximate surface area is 135 Å². The van der Waals surface area contributed by atoms with Gasteiger partial charge in [-0.05, 0) is 18.9 Å². The van der Waals surface area contributed by atoms with Crippen LogP contribution in [0.3, 0.4) is 0 Å². The molecule has 2 atom stereocenters. The van der Waals surface area contributed by atoms with Crippen LogP contribution in [0.4, 0.5) is 0 Å². The Hall–Kier alpha value is -1.82. The molecule has 0 spiro atoms. The summed E-state index contributed by atoms with van der Waals surface area (Å²) in [6.45, 7) is 4.52. The number of nitrogens with zero attached hydrogens (tertiary/aromatic N) is 1. The molecule has 1 saturated heterocycles. The minimum Gasteiger partial charge on any atom is -0.352 e. The van der Waals surface area contributed by atoms with Crippen molar-refractivity contribution in [2.75, 3.05) is 0 Å². The maximum Gasteiger partial charge on any atom is 0.240 e. The number of amidine groups is 1. The van der Waals surface area contributed by atoms with Gasteiger partial charge in [-0.15, -0.1) is 0 Å². The van der Waals surface area contributed by atoms with Gasteiger partial charge < -0.3 is 10.6 Å². The number of benzene rings is 1. The molecule has 118 valence electrons. The number of nitrogens with one attached hydrogen (secondary N) is 2. The molecule has 1 aromatic rings. The highest BCUT2D eigenvalue weighted by Gasteiger charge is 2.32. The predicted molar refractivity (Wildman–Crippen MR) is 89.6 cm³/mol. The van der Waals surface area contributed by atoms with Gasteiger partial charge in [0.05, 0.1) is 0 Å². The van der Waals surface area contributed by atoms with Crippen molar-refractivity contribution in [1.82, 2.24) is 10.6 Å². The molecule has 2 rings (SSSR count). The van der Waals surface area contributed by atoms with E-state index in [1.807, 2.05) is 44.2 Å². The Morgan fingerprint density at radius 3 is 2.82 bits per heavy atom. The first-order chi connectivity index (χ1) is 10.6. The van der Waals surface area contributed by atoms with E-state index in [9.17, 15) is 9.59 Å². The van der Waals surface area contributed by atoms with Crippen molar-refractivity contribution >= 4 is 28.7 Å². The summed E-state index contributed by atoms with van der Waals surface area (Å²) < 4.78 is 0. The van der Waals surface area contributed by atoms with E-state index in [4.69, 9.17) is 0 Å². The second-order valence-electron chi connectivity index (χ2n) is 5.25. The molecule has 2 amide bonds. The minimum absolute atomic E-state index is 0.124. The highest BCUT2D eigenvalue weighted by atomic mass is 32.2. The van der Waals surface area contributed by atoms with Crippen LogP contribution in [0.1, 0.15) is 32.3 Å². The average molecular weight is 319 g/mol. The van der Waals surface area contributed by atoms with Crippen LogP contribution in [0.2, 0.25) is 0 Å². The number of carbonyl (C=O) groups excluding carboxylic acids is 2. The molecule has 5 nitrogen and oxygen atoms in total. The maximum atomic E-state index is 12.0. The fourth-order valence-corrected chi connectivity index (χ4v) is 3.00. The van der Waals surface area contributed by atoms with Crippen molar-refractivity contribution < 1.29 is 9.59 Å². The molecule has 2 N–H and O–H groups in total. The lowest BCUT2D eigenvalue weighted by Gasteiger charge is -2.07. The highest BCUT2D eigenvalue weighted by Crippen LogP contribution is 2.23. The first kappa shape index (κ1) is 16.5. The van der Waals surface area contributed by atoms with E-state index >= 15 is 0 Å². The molecule has 0 bridgehead atoms. The number of hydrogen-bond acceptors (Lipinski definition) is 4. The summed E-state index contributed by atoms with van der Waals surface area (Å²) in [6, 6.07) is 9.87. The summed E-state index contributed by atoms with van der Waals surface area (Å²) >= 11 is 1.34. The molecule has 1 heterocycles. The Morgan fingerprint density at radius 2 is 2.14 bits per heavy atom. The zero-order chi connectivity index (χ0) is 15.9. The summed E-state index contributed by atoms with van der Waals surface area (Å²) in [5.74, 6) is -0.261. The number of hydrogen-bond donors (Lipinski definition) is 2. The third kappa shape index (κ3) is 4.87. The number of rotatable bonds is 6. The van der Waals surface area contributed by atoms with E-state index in [0.717, 1.165) is 12.0 Å². The maximum absolute atomic E-state index is 12.0. The average Bonchev–Trinajstić information content (AvgIpc) is 2.85. The number of carbonyl (C=O) groups is 2. The molecule has 0 saturated carbocycles. The predicted octanol–water partition coefficient (Wildman–Crippen LogP) is 2.08. The van der Waals surface area contributed by atoms with Crippen LogP contribution in [-0.2, 0) is 16.1 Å². The minimum atomic E-state index is -0.390.